The minimum atomic E-state index is 0.708. The lowest BCUT2D eigenvalue weighted by atomic mass is 10.0. The summed E-state index contributed by atoms with van der Waals surface area (Å²) in [4.78, 5) is 9.40. The average Bonchev–Trinajstić information content (AvgIpc) is 2.69. The molecule has 0 aliphatic rings. The third kappa shape index (κ3) is 14.5. The van der Waals surface area contributed by atoms with Gasteiger partial charge in [-0.05, 0) is 44.7 Å². The van der Waals surface area contributed by atoms with E-state index in [0.717, 1.165) is 32.1 Å². The van der Waals surface area contributed by atoms with Crippen molar-refractivity contribution < 1.29 is 9.36 Å². The van der Waals surface area contributed by atoms with E-state index in [4.69, 9.17) is 5.73 Å². The summed E-state index contributed by atoms with van der Waals surface area (Å²) in [6.07, 6.45) is 14.7. The van der Waals surface area contributed by atoms with Crippen LogP contribution in [-0.2, 0) is 30.6 Å². The van der Waals surface area contributed by atoms with Crippen LogP contribution < -0.4 is 10.3 Å². The number of hydrogen-bond donors (Lipinski definition) is 1. The van der Waals surface area contributed by atoms with Gasteiger partial charge in [-0.3, -0.25) is 0 Å². The molecule has 0 saturated heterocycles. The second kappa shape index (κ2) is 21.1. The first-order valence-corrected chi connectivity index (χ1v) is 11.3. The van der Waals surface area contributed by atoms with E-state index in [1.807, 2.05) is 6.92 Å². The van der Waals surface area contributed by atoms with E-state index < -0.39 is 0 Å². The minimum Gasteiger partial charge on any atom is -0.330 e. The van der Waals surface area contributed by atoms with Crippen LogP contribution in [0.4, 0.5) is 0 Å². The van der Waals surface area contributed by atoms with E-state index in [9.17, 15) is 4.79 Å². The van der Waals surface area contributed by atoms with E-state index in [2.05, 4.69) is 51.4 Å². The zero-order chi connectivity index (χ0) is 20.9. The molecule has 0 aliphatic carbocycles. The molecule has 1 aromatic rings. The molecular weight excluding hydrogens is 332 g/mol. The van der Waals surface area contributed by atoms with Gasteiger partial charge in [-0.2, -0.15) is 0 Å². The molecule has 0 aromatic carbocycles. The fraction of sp³-hybridized carbons (Fsp3) is 0.750. The van der Waals surface area contributed by atoms with Crippen molar-refractivity contribution >= 4 is 6.29 Å². The van der Waals surface area contributed by atoms with Gasteiger partial charge < -0.3 is 10.5 Å². The second-order valence-electron chi connectivity index (χ2n) is 6.92. The van der Waals surface area contributed by atoms with E-state index in [-0.39, 0.29) is 0 Å². The summed E-state index contributed by atoms with van der Waals surface area (Å²) in [5.74, 6) is 0. The molecular formula is C24H47N2O+. The van der Waals surface area contributed by atoms with Crippen LogP contribution in [0.2, 0.25) is 0 Å². The SMILES string of the molecule is CCCC=O.CCCCN.CCCC[n+]1cc(CC)cc(CC)c1CCC. The van der Waals surface area contributed by atoms with Gasteiger partial charge in [0.15, 0.2) is 11.9 Å². The molecule has 3 nitrogen and oxygen atoms in total. The minimum absolute atomic E-state index is 0.708. The number of aromatic nitrogens is 1. The highest BCUT2D eigenvalue weighted by Gasteiger charge is 2.15. The van der Waals surface area contributed by atoms with Crippen LogP contribution in [-0.4, -0.2) is 12.8 Å². The number of nitrogens with zero attached hydrogens (tertiary/aromatic N) is 1. The van der Waals surface area contributed by atoms with Crippen LogP contribution in [0.25, 0.3) is 0 Å². The topological polar surface area (TPSA) is 47.0 Å². The van der Waals surface area contributed by atoms with Crippen LogP contribution in [0.5, 0.6) is 0 Å². The van der Waals surface area contributed by atoms with Crippen LogP contribution in [0.15, 0.2) is 12.3 Å². The van der Waals surface area contributed by atoms with E-state index in [1.165, 1.54) is 50.6 Å². The fourth-order valence-corrected chi connectivity index (χ4v) is 2.70. The van der Waals surface area contributed by atoms with Gasteiger partial charge in [-0.1, -0.05) is 54.4 Å². The number of aryl methyl sites for hydroxylation is 3. The highest BCUT2D eigenvalue weighted by atomic mass is 16.1. The number of rotatable bonds is 11. The Morgan fingerprint density at radius 1 is 0.926 bits per heavy atom. The predicted molar refractivity (Wildman–Crippen MR) is 119 cm³/mol. The highest BCUT2D eigenvalue weighted by Crippen LogP contribution is 2.12. The summed E-state index contributed by atoms with van der Waals surface area (Å²) in [7, 11) is 0. The fourth-order valence-electron chi connectivity index (χ4n) is 2.70. The van der Waals surface area contributed by atoms with Crippen LogP contribution in [0, 0.1) is 0 Å². The zero-order valence-electron chi connectivity index (χ0n) is 19.2. The number of pyridine rings is 1. The molecule has 3 heteroatoms. The third-order valence-corrected chi connectivity index (χ3v) is 4.39. The molecule has 1 aromatic heterocycles. The Balaban J connectivity index is 0. The molecule has 0 radical (unpaired) electrons. The Hall–Kier alpha value is -1.22. The summed E-state index contributed by atoms with van der Waals surface area (Å²) >= 11 is 0. The van der Waals surface area contributed by atoms with Crippen molar-refractivity contribution in [3.8, 4) is 0 Å². The first-order valence-electron chi connectivity index (χ1n) is 11.3. The average molecular weight is 380 g/mol. The van der Waals surface area contributed by atoms with Crippen molar-refractivity contribution in [2.24, 2.45) is 5.73 Å². The van der Waals surface area contributed by atoms with Crippen molar-refractivity contribution in [2.75, 3.05) is 6.54 Å². The zero-order valence-corrected chi connectivity index (χ0v) is 19.2. The second-order valence-corrected chi connectivity index (χ2v) is 6.92. The summed E-state index contributed by atoms with van der Waals surface area (Å²) in [6, 6.07) is 2.41. The Morgan fingerprint density at radius 3 is 1.93 bits per heavy atom. The molecule has 0 saturated carbocycles. The summed E-state index contributed by atoms with van der Waals surface area (Å²) in [6.45, 7) is 15.2. The van der Waals surface area contributed by atoms with Gasteiger partial charge in [0.1, 0.15) is 12.8 Å². The molecule has 0 atom stereocenters. The highest BCUT2D eigenvalue weighted by molar-refractivity contribution is 5.48. The molecule has 2 N–H and O–H groups in total. The van der Waals surface area contributed by atoms with Crippen molar-refractivity contribution in [1.82, 2.24) is 0 Å². The Kier molecular flexibility index (Phi) is 21.9. The quantitative estimate of drug-likeness (QED) is 0.403. The molecule has 1 heterocycles. The maximum absolute atomic E-state index is 9.40. The van der Waals surface area contributed by atoms with Gasteiger partial charge in [0.05, 0.1) is 0 Å². The molecule has 0 unspecified atom stereocenters. The molecule has 0 amide bonds. The molecule has 0 fully saturated rings. The summed E-state index contributed by atoms with van der Waals surface area (Å²) in [5.41, 5.74) is 9.75. The number of aldehydes is 1. The van der Waals surface area contributed by atoms with Crippen LogP contribution >= 0.6 is 0 Å². The van der Waals surface area contributed by atoms with Gasteiger partial charge in [-0.25, -0.2) is 4.57 Å². The first kappa shape index (κ1) is 28.0. The van der Waals surface area contributed by atoms with Gasteiger partial charge in [-0.15, -0.1) is 0 Å². The molecule has 27 heavy (non-hydrogen) atoms. The third-order valence-electron chi connectivity index (χ3n) is 4.39. The number of hydrogen-bond acceptors (Lipinski definition) is 2. The van der Waals surface area contributed by atoms with Gasteiger partial charge in [0, 0.05) is 30.4 Å². The largest absolute Gasteiger partial charge is 0.330 e. The van der Waals surface area contributed by atoms with E-state index in [0.29, 0.717) is 6.42 Å². The van der Waals surface area contributed by atoms with Gasteiger partial charge >= 0.3 is 0 Å². The van der Waals surface area contributed by atoms with Crippen LogP contribution in [0.1, 0.15) is 103 Å². The molecule has 0 aliphatic heterocycles. The monoisotopic (exact) mass is 379 g/mol. The van der Waals surface area contributed by atoms with Crippen LogP contribution in [0.3, 0.4) is 0 Å². The molecule has 158 valence electrons. The van der Waals surface area contributed by atoms with Crippen molar-refractivity contribution in [3.63, 3.8) is 0 Å². The van der Waals surface area contributed by atoms with E-state index in [1.54, 1.807) is 11.3 Å². The standard InChI is InChI=1S/C16H28N.C4H11N.C4H8O/c1-5-9-11-17-13-14(7-3)12-15(8-4)16(17)10-6-2;2*1-2-3-4-5/h12-13H,5-11H2,1-4H3;2-5H2,1H3;4H,2-3H2,1H3/q+1;;. The molecule has 1 rings (SSSR count). The van der Waals surface area contributed by atoms with E-state index >= 15 is 0 Å². The summed E-state index contributed by atoms with van der Waals surface area (Å²) < 4.78 is 2.52. The van der Waals surface area contributed by atoms with Crippen molar-refractivity contribution in [3.05, 3.63) is 29.1 Å². The lowest BCUT2D eigenvalue weighted by molar-refractivity contribution is -0.705. The number of carbonyl (C=O) groups is 1. The lowest BCUT2D eigenvalue weighted by Crippen LogP contribution is -2.40. The normalized spacial score (nSPS) is 9.74. The smallest absolute Gasteiger partial charge is 0.184 e. The maximum atomic E-state index is 9.40. The van der Waals surface area contributed by atoms with Gasteiger partial charge in [0.2, 0.25) is 0 Å². The molecule has 0 bridgehead atoms. The Labute approximate surface area is 169 Å². The van der Waals surface area contributed by atoms with Gasteiger partial charge in [0.25, 0.3) is 0 Å². The van der Waals surface area contributed by atoms with Crippen molar-refractivity contribution in [1.29, 1.82) is 0 Å². The Morgan fingerprint density at radius 2 is 1.59 bits per heavy atom. The maximum Gasteiger partial charge on any atom is 0.184 e. The summed E-state index contributed by atoms with van der Waals surface area (Å²) in [5, 5.41) is 0. The Bertz CT molecular complexity index is 456. The first-order chi connectivity index (χ1) is 13.1. The molecule has 0 spiro atoms. The predicted octanol–water partition coefficient (Wildman–Crippen LogP) is 5.58. The number of unbranched alkanes of at least 4 members (excludes halogenated alkanes) is 3. The lowest BCUT2D eigenvalue weighted by Gasteiger charge is -2.10. The number of carbonyl (C=O) groups excluding carboxylic acids is 1. The number of nitrogens with two attached hydrogens (primary N) is 1. The van der Waals surface area contributed by atoms with Crippen molar-refractivity contribution in [2.45, 2.75) is 112 Å².